The molecule has 2 aromatic carbocycles. The predicted molar refractivity (Wildman–Crippen MR) is 129 cm³/mol. The second-order valence-electron chi connectivity index (χ2n) is 8.14. The number of carbonyl (C=O) groups is 3. The third-order valence-electron chi connectivity index (χ3n) is 5.55. The summed E-state index contributed by atoms with van der Waals surface area (Å²) in [7, 11) is 0. The Kier molecular flexibility index (Phi) is 8.40. The van der Waals surface area contributed by atoms with E-state index in [0.29, 0.717) is 23.8 Å². The Morgan fingerprint density at radius 2 is 1.85 bits per heavy atom. The fraction of sp³-hybridized carbons (Fsp3) is 0.222. The van der Waals surface area contributed by atoms with Crippen molar-refractivity contribution >= 4 is 17.7 Å². The molecule has 0 aliphatic heterocycles. The average molecular weight is 461 g/mol. The van der Waals surface area contributed by atoms with Crippen LogP contribution in [0.4, 0.5) is 0 Å². The maximum atomic E-state index is 12.5. The van der Waals surface area contributed by atoms with E-state index in [-0.39, 0.29) is 12.1 Å². The molecule has 1 amide bonds. The van der Waals surface area contributed by atoms with Crippen molar-refractivity contribution in [3.05, 3.63) is 101 Å². The van der Waals surface area contributed by atoms with Crippen LogP contribution in [-0.2, 0) is 16.0 Å². The number of aliphatic carboxylic acids is 1. The Labute approximate surface area is 198 Å². The van der Waals surface area contributed by atoms with Gasteiger partial charge in [0, 0.05) is 18.1 Å². The smallest absolute Gasteiger partial charge is 0.326 e. The van der Waals surface area contributed by atoms with Crippen LogP contribution in [0.25, 0.3) is 0 Å². The highest BCUT2D eigenvalue weighted by Crippen LogP contribution is 2.21. The molecule has 7 nitrogen and oxygen atoms in total. The van der Waals surface area contributed by atoms with Crippen LogP contribution in [0.15, 0.2) is 90.2 Å². The summed E-state index contributed by atoms with van der Waals surface area (Å²) < 4.78 is 5.81. The van der Waals surface area contributed by atoms with E-state index >= 15 is 0 Å². The van der Waals surface area contributed by atoms with E-state index in [1.807, 2.05) is 12.1 Å². The number of benzene rings is 2. The largest absolute Gasteiger partial charge is 0.489 e. The van der Waals surface area contributed by atoms with Crippen LogP contribution in [0, 0.1) is 5.92 Å². The van der Waals surface area contributed by atoms with Crippen LogP contribution >= 0.6 is 0 Å². The molecule has 0 radical (unpaired) electrons. The first-order valence-corrected chi connectivity index (χ1v) is 11.0. The quantitative estimate of drug-likeness (QED) is 0.369. The van der Waals surface area contributed by atoms with Gasteiger partial charge in [0.1, 0.15) is 24.1 Å². The highest BCUT2D eigenvalue weighted by molar-refractivity contribution is 6.09. The fourth-order valence-electron chi connectivity index (χ4n) is 3.44. The van der Waals surface area contributed by atoms with Gasteiger partial charge in [0.15, 0.2) is 5.78 Å². The summed E-state index contributed by atoms with van der Waals surface area (Å²) in [5.74, 6) is -1.43. The Morgan fingerprint density at radius 3 is 2.50 bits per heavy atom. The zero-order valence-electron chi connectivity index (χ0n) is 18.9. The molecule has 2 atom stereocenters. The van der Waals surface area contributed by atoms with Crippen molar-refractivity contribution in [3.63, 3.8) is 0 Å². The van der Waals surface area contributed by atoms with E-state index in [1.54, 1.807) is 48.5 Å². The van der Waals surface area contributed by atoms with Gasteiger partial charge in [-0.05, 0) is 47.7 Å². The summed E-state index contributed by atoms with van der Waals surface area (Å²) in [5, 5.41) is 11.8. The number of rotatable bonds is 10. The molecule has 3 rings (SSSR count). The molecule has 34 heavy (non-hydrogen) atoms. The third kappa shape index (κ3) is 6.93. The number of hydrogen-bond donors (Lipinski definition) is 3. The van der Waals surface area contributed by atoms with E-state index < -0.39 is 23.7 Å². The van der Waals surface area contributed by atoms with Gasteiger partial charge < -0.3 is 20.9 Å². The molecular weight excluding hydrogens is 432 g/mol. The highest BCUT2D eigenvalue weighted by atomic mass is 16.5. The maximum Gasteiger partial charge on any atom is 0.326 e. The first-order chi connectivity index (χ1) is 16.3. The predicted octanol–water partition coefficient (Wildman–Crippen LogP) is 3.43. The lowest BCUT2D eigenvalue weighted by atomic mass is 9.94. The number of ether oxygens (including phenoxy) is 1. The number of nitrogens with two attached hydrogens (primary N) is 1. The number of amides is 1. The van der Waals surface area contributed by atoms with E-state index in [9.17, 15) is 19.5 Å². The van der Waals surface area contributed by atoms with E-state index in [1.165, 1.54) is 5.57 Å². The van der Waals surface area contributed by atoms with E-state index in [2.05, 4.69) is 24.4 Å². The molecule has 2 aromatic rings. The van der Waals surface area contributed by atoms with Gasteiger partial charge in [-0.3, -0.25) is 9.59 Å². The van der Waals surface area contributed by atoms with Crippen LogP contribution in [0.3, 0.4) is 0 Å². The molecular formula is C27H28N2O5. The highest BCUT2D eigenvalue weighted by Gasteiger charge is 2.22. The molecule has 0 saturated heterocycles. The summed E-state index contributed by atoms with van der Waals surface area (Å²) in [4.78, 5) is 36.4. The number of hydrogen-bond acceptors (Lipinski definition) is 5. The van der Waals surface area contributed by atoms with Crippen molar-refractivity contribution in [2.24, 2.45) is 11.7 Å². The van der Waals surface area contributed by atoms with Crippen molar-refractivity contribution in [1.29, 1.82) is 0 Å². The zero-order valence-corrected chi connectivity index (χ0v) is 18.9. The number of carboxylic acid groups (broad SMARTS) is 1. The minimum absolute atomic E-state index is 0.0938. The summed E-state index contributed by atoms with van der Waals surface area (Å²) in [6.45, 7) is 2.62. The molecule has 0 aromatic heterocycles. The van der Waals surface area contributed by atoms with Gasteiger partial charge in [0.05, 0.1) is 0 Å². The van der Waals surface area contributed by atoms with Crippen molar-refractivity contribution in [2.75, 3.05) is 6.61 Å². The molecule has 2 unspecified atom stereocenters. The molecule has 1 aliphatic rings. The molecule has 1 aliphatic carbocycles. The van der Waals surface area contributed by atoms with Crippen LogP contribution in [0.5, 0.6) is 5.75 Å². The number of carbonyl (C=O) groups excluding carboxylic acids is 2. The first-order valence-electron chi connectivity index (χ1n) is 11.0. The Bertz CT molecular complexity index is 1120. The Morgan fingerprint density at radius 1 is 1.15 bits per heavy atom. The maximum absolute atomic E-state index is 12.5. The van der Waals surface area contributed by atoms with Crippen LogP contribution in [0.2, 0.25) is 0 Å². The minimum Gasteiger partial charge on any atom is -0.489 e. The zero-order chi connectivity index (χ0) is 24.5. The summed E-state index contributed by atoms with van der Waals surface area (Å²) in [6.07, 6.45) is 8.28. The van der Waals surface area contributed by atoms with Crippen molar-refractivity contribution in [1.82, 2.24) is 5.32 Å². The SMILES string of the molecule is CC1CC=CC=C1COc1ccc(C(=O)C=C(N)C(=O)NC(Cc2ccccc2)C(=O)O)cc1. The Balaban J connectivity index is 1.58. The molecule has 0 saturated carbocycles. The fourth-order valence-corrected chi connectivity index (χ4v) is 3.44. The molecule has 0 spiro atoms. The lowest BCUT2D eigenvalue weighted by Gasteiger charge is -2.17. The average Bonchev–Trinajstić information content (AvgIpc) is 2.84. The molecule has 0 fully saturated rings. The standard InChI is InChI=1S/C27H28N2O5/c1-18-7-5-6-10-21(18)17-34-22-13-11-20(12-14-22)25(30)16-23(28)26(31)29-24(27(32)33)15-19-8-3-2-4-9-19/h2-6,8-14,16,18,24H,7,15,17,28H2,1H3,(H,29,31)(H,32,33). The molecule has 4 N–H and O–H groups in total. The van der Waals surface area contributed by atoms with Crippen LogP contribution in [-0.4, -0.2) is 35.4 Å². The lowest BCUT2D eigenvalue weighted by molar-refractivity contribution is -0.141. The van der Waals surface area contributed by atoms with Crippen LogP contribution in [0.1, 0.15) is 29.3 Å². The van der Waals surface area contributed by atoms with Crippen molar-refractivity contribution in [3.8, 4) is 5.75 Å². The van der Waals surface area contributed by atoms with Crippen molar-refractivity contribution in [2.45, 2.75) is 25.8 Å². The van der Waals surface area contributed by atoms with Gasteiger partial charge in [-0.25, -0.2) is 4.79 Å². The lowest BCUT2D eigenvalue weighted by Crippen LogP contribution is -2.44. The van der Waals surface area contributed by atoms with Gasteiger partial charge in [0.2, 0.25) is 0 Å². The summed E-state index contributed by atoms with van der Waals surface area (Å²) >= 11 is 0. The first kappa shape index (κ1) is 24.5. The van der Waals surface area contributed by atoms with E-state index in [4.69, 9.17) is 10.5 Å². The van der Waals surface area contributed by atoms with Gasteiger partial charge in [-0.2, -0.15) is 0 Å². The van der Waals surface area contributed by atoms with Gasteiger partial charge >= 0.3 is 5.97 Å². The topological polar surface area (TPSA) is 119 Å². The summed E-state index contributed by atoms with van der Waals surface area (Å²) in [6, 6.07) is 14.3. The molecule has 7 heteroatoms. The van der Waals surface area contributed by atoms with Gasteiger partial charge in [-0.1, -0.05) is 55.5 Å². The minimum atomic E-state index is -1.19. The number of carboxylic acids is 1. The summed E-state index contributed by atoms with van der Waals surface area (Å²) in [5.41, 5.74) is 7.69. The van der Waals surface area contributed by atoms with Gasteiger partial charge in [-0.15, -0.1) is 0 Å². The molecule has 176 valence electrons. The second-order valence-corrected chi connectivity index (χ2v) is 8.14. The number of ketones is 1. The second kappa shape index (κ2) is 11.7. The normalized spacial score (nSPS) is 16.3. The van der Waals surface area contributed by atoms with Gasteiger partial charge in [0.25, 0.3) is 5.91 Å². The molecule has 0 bridgehead atoms. The number of nitrogens with one attached hydrogen (secondary N) is 1. The van der Waals surface area contributed by atoms with Crippen molar-refractivity contribution < 1.29 is 24.2 Å². The third-order valence-corrected chi connectivity index (χ3v) is 5.55. The van der Waals surface area contributed by atoms with Crippen LogP contribution < -0.4 is 15.8 Å². The monoisotopic (exact) mass is 460 g/mol. The van der Waals surface area contributed by atoms with E-state index in [0.717, 1.165) is 18.1 Å². The number of allylic oxidation sites excluding steroid dienone is 4. The Hall–Kier alpha value is -4.13. The molecule has 0 heterocycles.